The van der Waals surface area contributed by atoms with Gasteiger partial charge >= 0.3 is 19.8 Å². The van der Waals surface area contributed by atoms with Gasteiger partial charge in [0.05, 0.1) is 6.61 Å². The summed E-state index contributed by atoms with van der Waals surface area (Å²) in [7, 11) is -5.11. The van der Waals surface area contributed by atoms with Crippen LogP contribution in [0.4, 0.5) is 0 Å². The van der Waals surface area contributed by atoms with Crippen LogP contribution < -0.4 is 21.3 Å². The van der Waals surface area contributed by atoms with E-state index >= 15 is 0 Å². The lowest BCUT2D eigenvalue weighted by Crippen LogP contribution is -2.49. The third-order valence-electron chi connectivity index (χ3n) is 4.79. The van der Waals surface area contributed by atoms with Crippen LogP contribution in [0.2, 0.25) is 0 Å². The summed E-state index contributed by atoms with van der Waals surface area (Å²) in [5.74, 6) is -6.38. The van der Waals surface area contributed by atoms with Crippen molar-refractivity contribution in [3.63, 3.8) is 0 Å². The van der Waals surface area contributed by atoms with Crippen LogP contribution >= 0.6 is 20.5 Å². The van der Waals surface area contributed by atoms with E-state index in [1.807, 2.05) is 0 Å². The highest BCUT2D eigenvalue weighted by atomic mass is 32.1. The lowest BCUT2D eigenvalue weighted by atomic mass is 9.87. The molecule has 0 aromatic rings. The van der Waals surface area contributed by atoms with E-state index in [1.54, 1.807) is 0 Å². The first-order valence-corrected chi connectivity index (χ1v) is 13.1. The van der Waals surface area contributed by atoms with Gasteiger partial charge in [0.15, 0.2) is 6.10 Å². The minimum absolute atomic E-state index is 0.169. The Labute approximate surface area is 222 Å². The molecule has 0 bridgehead atoms. The highest BCUT2D eigenvalue weighted by Crippen LogP contribution is 2.41. The van der Waals surface area contributed by atoms with Gasteiger partial charge in [0.1, 0.15) is 18.6 Å². The molecule has 38 heavy (non-hydrogen) atoms. The molecule has 0 spiro atoms. The predicted octanol–water partition coefficient (Wildman–Crippen LogP) is -3.05. The van der Waals surface area contributed by atoms with Crippen molar-refractivity contribution in [2.24, 2.45) is 5.41 Å². The number of amides is 4. The van der Waals surface area contributed by atoms with Crippen molar-refractivity contribution in [2.75, 3.05) is 25.4 Å². The van der Waals surface area contributed by atoms with Crippen LogP contribution in [0.25, 0.3) is 0 Å². The molecule has 218 valence electrons. The quantitative estimate of drug-likeness (QED) is 0.0564. The molecular formula is C19H33N4O13PS. The fourth-order valence-corrected chi connectivity index (χ4v) is 3.62. The third kappa shape index (κ3) is 14.3. The van der Waals surface area contributed by atoms with Gasteiger partial charge in [0.2, 0.25) is 23.6 Å². The Morgan fingerprint density at radius 3 is 1.95 bits per heavy atom. The molecule has 0 fully saturated rings. The lowest BCUT2D eigenvalue weighted by Gasteiger charge is -2.31. The Hall–Kier alpha value is -2.76. The number of carbonyl (C=O) groups is 6. The van der Waals surface area contributed by atoms with Crippen molar-refractivity contribution in [3.8, 4) is 0 Å². The molecule has 0 aromatic carbocycles. The molecule has 0 aromatic heterocycles. The van der Waals surface area contributed by atoms with E-state index in [2.05, 4.69) is 38.4 Å². The molecule has 0 aliphatic carbocycles. The maximum Gasteiger partial charge on any atom is 0.470 e. The average Bonchev–Trinajstić information content (AvgIpc) is 2.80. The molecule has 0 aliphatic rings. The third-order valence-corrected chi connectivity index (χ3v) is 5.64. The predicted molar refractivity (Wildman–Crippen MR) is 131 cm³/mol. The molecule has 0 rings (SSSR count). The molecule has 9 N–H and O–H groups in total. The first-order valence-electron chi connectivity index (χ1n) is 11.0. The minimum atomic E-state index is -5.11. The van der Waals surface area contributed by atoms with Crippen molar-refractivity contribution in [2.45, 2.75) is 51.3 Å². The van der Waals surface area contributed by atoms with Gasteiger partial charge < -0.3 is 46.4 Å². The van der Waals surface area contributed by atoms with Crippen molar-refractivity contribution in [1.29, 1.82) is 0 Å². The number of aliphatic hydroxyl groups is 1. The van der Waals surface area contributed by atoms with Crippen molar-refractivity contribution >= 4 is 56.0 Å². The fraction of sp³-hybridized carbons (Fsp3) is 0.684. The first kappa shape index (κ1) is 35.2. The normalized spacial score (nSPS) is 13.9. The number of phosphoric acid groups is 1. The Morgan fingerprint density at radius 2 is 1.47 bits per heavy atom. The molecule has 0 aliphatic heterocycles. The second-order valence-electron chi connectivity index (χ2n) is 8.57. The zero-order valence-corrected chi connectivity index (χ0v) is 22.4. The van der Waals surface area contributed by atoms with Crippen molar-refractivity contribution < 1.29 is 63.0 Å². The summed E-state index contributed by atoms with van der Waals surface area (Å²) in [6, 6.07) is -2.70. The van der Waals surface area contributed by atoms with Crippen molar-refractivity contribution in [3.05, 3.63) is 0 Å². The molecule has 0 heterocycles. The summed E-state index contributed by atoms with van der Waals surface area (Å²) in [5, 5.41) is 36.0. The molecule has 17 nitrogen and oxygen atoms in total. The number of phosphoric ester groups is 1. The van der Waals surface area contributed by atoms with E-state index in [0.29, 0.717) is 0 Å². The van der Waals surface area contributed by atoms with Crippen LogP contribution in [0, 0.1) is 5.41 Å². The second-order valence-corrected chi connectivity index (χ2v) is 10.1. The van der Waals surface area contributed by atoms with E-state index in [-0.39, 0.29) is 18.7 Å². The standard InChI is InChI=1S/C19H33N4O13PS/c1-19(2,9-24)15(36-37(33,34)35)17(30)20-6-5-13(26)22-10(18(31)32)3-4-12(25)23-11(8-38)16(29)21-7-14(27)28/h10-11,15,24,38H,3-9H2,1-2H3,(H,20,30)(H,21,29)(H,22,26)(H,23,25)(H,27,28)(H,31,32)(H2,33,34,35)/t10-,11-,15-/m0/s1. The van der Waals surface area contributed by atoms with Gasteiger partial charge in [0, 0.05) is 30.6 Å². The molecule has 19 heteroatoms. The monoisotopic (exact) mass is 588 g/mol. The van der Waals surface area contributed by atoms with Crippen LogP contribution in [0.1, 0.15) is 33.1 Å². The zero-order valence-electron chi connectivity index (χ0n) is 20.6. The van der Waals surface area contributed by atoms with Crippen LogP contribution in [0.3, 0.4) is 0 Å². The summed E-state index contributed by atoms with van der Waals surface area (Å²) in [5.41, 5.74) is -1.40. The summed E-state index contributed by atoms with van der Waals surface area (Å²) in [6.45, 7) is 0.904. The number of nitrogens with one attached hydrogen (secondary N) is 4. The smallest absolute Gasteiger partial charge is 0.470 e. The highest BCUT2D eigenvalue weighted by molar-refractivity contribution is 7.80. The Bertz CT molecular complexity index is 926. The maximum absolute atomic E-state index is 12.3. The van der Waals surface area contributed by atoms with Crippen LogP contribution in [-0.2, 0) is 37.9 Å². The average molecular weight is 589 g/mol. The van der Waals surface area contributed by atoms with Gasteiger partial charge in [-0.2, -0.15) is 12.6 Å². The van der Waals surface area contributed by atoms with E-state index in [1.165, 1.54) is 13.8 Å². The largest absolute Gasteiger partial charge is 0.480 e. The second kappa shape index (κ2) is 16.3. The summed E-state index contributed by atoms with van der Waals surface area (Å²) in [4.78, 5) is 88.5. The molecule has 0 saturated carbocycles. The van der Waals surface area contributed by atoms with Gasteiger partial charge in [0.25, 0.3) is 0 Å². The Kier molecular flexibility index (Phi) is 15.1. The van der Waals surface area contributed by atoms with Crippen LogP contribution in [0.5, 0.6) is 0 Å². The molecule has 3 atom stereocenters. The Balaban J connectivity index is 4.84. The molecule has 0 saturated heterocycles. The van der Waals surface area contributed by atoms with Gasteiger partial charge in [-0.3, -0.25) is 28.5 Å². The van der Waals surface area contributed by atoms with Crippen molar-refractivity contribution in [1.82, 2.24) is 21.3 Å². The molecule has 0 radical (unpaired) electrons. The molecule has 4 amide bonds. The number of aliphatic carboxylic acids is 2. The summed E-state index contributed by atoms with van der Waals surface area (Å²) in [6.07, 6.45) is -3.02. The topological polar surface area (TPSA) is 278 Å². The van der Waals surface area contributed by atoms with Crippen LogP contribution in [-0.4, -0.2) is 104 Å². The number of hydrogen-bond donors (Lipinski definition) is 10. The van der Waals surface area contributed by atoms with E-state index < -0.39 is 93.0 Å². The first-order chi connectivity index (χ1) is 17.4. The summed E-state index contributed by atoms with van der Waals surface area (Å²) >= 11 is 3.90. The SMILES string of the molecule is CC(C)(CO)[C@@H](OP(=O)(O)O)C(=O)NCCC(=O)N[C@@H](CCC(=O)N[C@@H](CS)C(=O)NCC(=O)O)C(=O)O. The number of carboxylic acid groups (broad SMARTS) is 2. The minimum Gasteiger partial charge on any atom is -0.480 e. The highest BCUT2D eigenvalue weighted by Gasteiger charge is 2.40. The number of hydrogen-bond acceptors (Lipinski definition) is 10. The summed E-state index contributed by atoms with van der Waals surface area (Å²) < 4.78 is 15.6. The number of thiol groups is 1. The van der Waals surface area contributed by atoms with Gasteiger partial charge in [-0.15, -0.1) is 0 Å². The van der Waals surface area contributed by atoms with E-state index in [9.17, 15) is 43.5 Å². The van der Waals surface area contributed by atoms with Gasteiger partial charge in [-0.25, -0.2) is 9.36 Å². The van der Waals surface area contributed by atoms with E-state index in [0.717, 1.165) is 0 Å². The molecule has 0 unspecified atom stereocenters. The van der Waals surface area contributed by atoms with Crippen LogP contribution in [0.15, 0.2) is 0 Å². The number of carbonyl (C=O) groups excluding carboxylic acids is 4. The fourth-order valence-electron chi connectivity index (χ4n) is 2.70. The van der Waals surface area contributed by atoms with E-state index in [4.69, 9.17) is 14.9 Å². The maximum atomic E-state index is 12.3. The van der Waals surface area contributed by atoms with Gasteiger partial charge in [-0.1, -0.05) is 13.8 Å². The molecular weight excluding hydrogens is 555 g/mol. The number of aliphatic hydroxyl groups excluding tert-OH is 1. The zero-order chi connectivity index (χ0) is 29.7. The number of carboxylic acids is 2. The van der Waals surface area contributed by atoms with Gasteiger partial charge in [-0.05, 0) is 6.42 Å². The lowest BCUT2D eigenvalue weighted by molar-refractivity contribution is -0.142. The number of rotatable bonds is 18. The Morgan fingerprint density at radius 1 is 0.921 bits per heavy atom.